The molecule has 1 unspecified atom stereocenters. The van der Waals surface area contributed by atoms with Gasteiger partial charge in [0.25, 0.3) is 5.69 Å². The van der Waals surface area contributed by atoms with Crippen LogP contribution in [0.1, 0.15) is 20.8 Å². The highest BCUT2D eigenvalue weighted by atomic mass is 16.6. The van der Waals surface area contributed by atoms with Gasteiger partial charge in [0.2, 0.25) is 5.91 Å². The number of benzene rings is 1. The second-order valence-electron chi connectivity index (χ2n) is 5.87. The first-order valence-corrected chi connectivity index (χ1v) is 6.75. The fraction of sp³-hybridized carbons (Fsp3) is 0.400. The van der Waals surface area contributed by atoms with Crippen molar-refractivity contribution in [2.45, 2.75) is 20.8 Å². The third-order valence-corrected chi connectivity index (χ3v) is 3.02. The predicted molar refractivity (Wildman–Crippen MR) is 81.7 cm³/mol. The van der Waals surface area contributed by atoms with Crippen LogP contribution in [0.15, 0.2) is 24.3 Å². The van der Waals surface area contributed by atoms with Crippen LogP contribution in [0.25, 0.3) is 0 Å². The molecule has 1 rings (SSSR count). The molecule has 0 aliphatic heterocycles. The van der Waals surface area contributed by atoms with Gasteiger partial charge in [0, 0.05) is 23.2 Å². The van der Waals surface area contributed by atoms with Crippen molar-refractivity contribution >= 4 is 29.0 Å². The fourth-order valence-corrected chi connectivity index (χ4v) is 1.80. The highest BCUT2D eigenvalue weighted by Gasteiger charge is 2.40. The van der Waals surface area contributed by atoms with Crippen molar-refractivity contribution in [3.63, 3.8) is 0 Å². The molecule has 23 heavy (non-hydrogen) atoms. The number of nitro benzene ring substituents is 1. The topological polar surface area (TPSA) is 116 Å². The van der Waals surface area contributed by atoms with Gasteiger partial charge in [-0.15, -0.1) is 0 Å². The Morgan fingerprint density at radius 2 is 1.87 bits per heavy atom. The fourth-order valence-electron chi connectivity index (χ4n) is 1.80. The zero-order chi connectivity index (χ0) is 17.8. The van der Waals surface area contributed by atoms with Gasteiger partial charge in [0.15, 0.2) is 11.7 Å². The molecule has 0 aromatic heterocycles. The minimum atomic E-state index is -1.64. The zero-order valence-corrected chi connectivity index (χ0v) is 13.3. The van der Waals surface area contributed by atoms with Gasteiger partial charge < -0.3 is 10.1 Å². The summed E-state index contributed by atoms with van der Waals surface area (Å²) in [6.45, 7) is 4.73. The third kappa shape index (κ3) is 4.60. The first-order chi connectivity index (χ1) is 10.6. The monoisotopic (exact) mass is 322 g/mol. The number of carbonyl (C=O) groups excluding carboxylic acids is 3. The molecule has 8 heteroatoms. The Balaban J connectivity index is 3.07. The molecule has 1 aromatic rings. The molecular formula is C15H18N2O6. The van der Waals surface area contributed by atoms with Crippen molar-refractivity contribution in [3.8, 4) is 0 Å². The number of ketones is 1. The van der Waals surface area contributed by atoms with Gasteiger partial charge in [-0.3, -0.25) is 24.5 Å². The number of amides is 1. The van der Waals surface area contributed by atoms with Crippen LogP contribution in [0.2, 0.25) is 0 Å². The minimum absolute atomic E-state index is 0.111. The van der Waals surface area contributed by atoms with E-state index >= 15 is 0 Å². The van der Waals surface area contributed by atoms with Crippen molar-refractivity contribution in [1.29, 1.82) is 0 Å². The quantitative estimate of drug-likeness (QED) is 0.383. The number of esters is 1. The summed E-state index contributed by atoms with van der Waals surface area (Å²) in [5, 5.41) is 13.1. The summed E-state index contributed by atoms with van der Waals surface area (Å²) >= 11 is 0. The third-order valence-electron chi connectivity index (χ3n) is 3.02. The van der Waals surface area contributed by atoms with E-state index in [1.165, 1.54) is 18.2 Å². The van der Waals surface area contributed by atoms with Gasteiger partial charge in [0.1, 0.15) is 0 Å². The van der Waals surface area contributed by atoms with Crippen molar-refractivity contribution in [1.82, 2.24) is 0 Å². The number of methoxy groups -OCH3 is 1. The molecule has 8 nitrogen and oxygen atoms in total. The molecule has 0 heterocycles. The lowest BCUT2D eigenvalue weighted by atomic mass is 9.82. The van der Waals surface area contributed by atoms with E-state index in [2.05, 4.69) is 10.1 Å². The SMILES string of the molecule is COC(=O)C(C(=O)Nc1cccc([N+](=O)[O-])c1)C(=O)C(C)(C)C. The number of hydrogen-bond donors (Lipinski definition) is 1. The molecule has 0 spiro atoms. The molecule has 0 saturated carbocycles. The van der Waals surface area contributed by atoms with E-state index in [0.717, 1.165) is 13.2 Å². The molecular weight excluding hydrogens is 304 g/mol. The number of anilines is 1. The Hall–Kier alpha value is -2.77. The molecule has 1 amide bonds. The van der Waals surface area contributed by atoms with Gasteiger partial charge in [-0.1, -0.05) is 26.8 Å². The largest absolute Gasteiger partial charge is 0.468 e. The maximum Gasteiger partial charge on any atom is 0.325 e. The van der Waals surface area contributed by atoms with Crippen LogP contribution >= 0.6 is 0 Å². The maximum atomic E-state index is 12.3. The molecule has 0 radical (unpaired) electrons. The first kappa shape index (κ1) is 18.3. The molecule has 0 aliphatic rings. The summed E-state index contributed by atoms with van der Waals surface area (Å²) in [6, 6.07) is 5.19. The Bertz CT molecular complexity index is 648. The molecule has 1 aromatic carbocycles. The Kier molecular flexibility index (Phi) is 5.56. The summed E-state index contributed by atoms with van der Waals surface area (Å²) < 4.78 is 4.52. The lowest BCUT2D eigenvalue weighted by Gasteiger charge is -2.22. The number of ether oxygens (including phenoxy) is 1. The van der Waals surface area contributed by atoms with Gasteiger partial charge in [-0.2, -0.15) is 0 Å². The van der Waals surface area contributed by atoms with Gasteiger partial charge in [0.05, 0.1) is 12.0 Å². The lowest BCUT2D eigenvalue weighted by Crippen LogP contribution is -2.42. The number of Topliss-reactive ketones (excluding diaryl/α,β-unsaturated/α-hetero) is 1. The van der Waals surface area contributed by atoms with Crippen LogP contribution in [-0.2, 0) is 19.1 Å². The number of non-ortho nitro benzene ring substituents is 1. The van der Waals surface area contributed by atoms with Crippen LogP contribution in [0.5, 0.6) is 0 Å². The summed E-state index contributed by atoms with van der Waals surface area (Å²) in [7, 11) is 1.08. The molecule has 0 saturated heterocycles. The Morgan fingerprint density at radius 1 is 1.26 bits per heavy atom. The van der Waals surface area contributed by atoms with Crippen LogP contribution in [0, 0.1) is 21.4 Å². The van der Waals surface area contributed by atoms with Crippen LogP contribution in [0.3, 0.4) is 0 Å². The van der Waals surface area contributed by atoms with E-state index in [-0.39, 0.29) is 11.4 Å². The summed E-state index contributed by atoms with van der Waals surface area (Å²) in [5.74, 6) is -4.11. The smallest absolute Gasteiger partial charge is 0.325 e. The van der Waals surface area contributed by atoms with Gasteiger partial charge in [-0.05, 0) is 6.07 Å². The summed E-state index contributed by atoms with van der Waals surface area (Å²) in [5.41, 5.74) is -1.04. The van der Waals surface area contributed by atoms with Gasteiger partial charge in [-0.25, -0.2) is 0 Å². The van der Waals surface area contributed by atoms with Crippen LogP contribution in [-0.4, -0.2) is 29.7 Å². The first-order valence-electron chi connectivity index (χ1n) is 6.75. The Labute approximate surface area is 133 Å². The van der Waals surface area contributed by atoms with Crippen LogP contribution in [0.4, 0.5) is 11.4 Å². The number of carbonyl (C=O) groups is 3. The zero-order valence-electron chi connectivity index (χ0n) is 13.3. The van der Waals surface area contributed by atoms with E-state index in [9.17, 15) is 24.5 Å². The predicted octanol–water partition coefficient (Wildman–Crippen LogP) is 1.94. The number of nitrogens with one attached hydrogen (secondary N) is 1. The number of rotatable bonds is 5. The van der Waals surface area contributed by atoms with Crippen molar-refractivity contribution in [2.75, 3.05) is 12.4 Å². The van der Waals surface area contributed by atoms with E-state index in [1.807, 2.05) is 0 Å². The standard InChI is InChI=1S/C15H18N2O6/c1-15(2,3)12(18)11(14(20)23-4)13(19)16-9-6-5-7-10(8-9)17(21)22/h5-8,11H,1-4H3,(H,16,19). The highest BCUT2D eigenvalue weighted by Crippen LogP contribution is 2.23. The number of hydrogen-bond acceptors (Lipinski definition) is 6. The maximum absolute atomic E-state index is 12.3. The number of nitrogens with zero attached hydrogens (tertiary/aromatic N) is 1. The average molecular weight is 322 g/mol. The number of nitro groups is 1. The molecule has 1 atom stereocenters. The average Bonchev–Trinajstić information content (AvgIpc) is 2.46. The molecule has 0 aliphatic carbocycles. The minimum Gasteiger partial charge on any atom is -0.468 e. The van der Waals surface area contributed by atoms with E-state index in [0.29, 0.717) is 0 Å². The molecule has 1 N–H and O–H groups in total. The van der Waals surface area contributed by atoms with Gasteiger partial charge >= 0.3 is 5.97 Å². The lowest BCUT2D eigenvalue weighted by molar-refractivity contribution is -0.384. The van der Waals surface area contributed by atoms with E-state index < -0.39 is 33.9 Å². The second kappa shape index (κ2) is 6.99. The van der Waals surface area contributed by atoms with Crippen molar-refractivity contribution in [2.24, 2.45) is 11.3 Å². The summed E-state index contributed by atoms with van der Waals surface area (Å²) in [6.07, 6.45) is 0. The molecule has 0 fully saturated rings. The van der Waals surface area contributed by atoms with Crippen molar-refractivity contribution < 1.29 is 24.0 Å². The van der Waals surface area contributed by atoms with Crippen LogP contribution < -0.4 is 5.32 Å². The van der Waals surface area contributed by atoms with E-state index in [4.69, 9.17) is 0 Å². The highest BCUT2D eigenvalue weighted by molar-refractivity contribution is 6.21. The van der Waals surface area contributed by atoms with Crippen molar-refractivity contribution in [3.05, 3.63) is 34.4 Å². The molecule has 0 bridgehead atoms. The second-order valence-corrected chi connectivity index (χ2v) is 5.87. The Morgan fingerprint density at radius 3 is 2.35 bits per heavy atom. The van der Waals surface area contributed by atoms with E-state index in [1.54, 1.807) is 20.8 Å². The normalized spacial score (nSPS) is 12.2. The molecule has 124 valence electrons. The summed E-state index contributed by atoms with van der Waals surface area (Å²) in [4.78, 5) is 46.5.